The minimum atomic E-state index is -0.694. The topological polar surface area (TPSA) is 102 Å². The second-order valence-electron chi connectivity index (χ2n) is 6.37. The molecule has 1 atom stereocenters. The molecule has 2 aromatic carbocycles. The Morgan fingerprint density at radius 3 is 2.28 bits per heavy atom. The van der Waals surface area contributed by atoms with Crippen molar-refractivity contribution in [1.82, 2.24) is 4.90 Å². The molecule has 0 aliphatic heterocycles. The van der Waals surface area contributed by atoms with Gasteiger partial charge in [-0.15, -0.1) is 0 Å². The minimum Gasteiger partial charge on any atom is -0.481 e. The monoisotopic (exact) mass is 417 g/mol. The van der Waals surface area contributed by atoms with E-state index in [1.807, 2.05) is 6.92 Å². The van der Waals surface area contributed by atoms with Gasteiger partial charge in [-0.05, 0) is 62.4 Å². The number of anilines is 1. The summed E-state index contributed by atoms with van der Waals surface area (Å²) in [5.74, 6) is -0.436. The number of nitrogens with one attached hydrogen (secondary N) is 1. The highest BCUT2D eigenvalue weighted by Gasteiger charge is 2.21. The molecule has 3 N–H and O–H groups in total. The first-order valence-corrected chi connectivity index (χ1v) is 9.58. The highest BCUT2D eigenvalue weighted by molar-refractivity contribution is 6.30. The normalized spacial score (nSPS) is 11.4. The molecule has 0 saturated heterocycles. The van der Waals surface area contributed by atoms with Gasteiger partial charge in [-0.1, -0.05) is 11.6 Å². The van der Waals surface area contributed by atoms with Gasteiger partial charge in [0.2, 0.25) is 11.8 Å². The summed E-state index contributed by atoms with van der Waals surface area (Å²) in [4.78, 5) is 37.4. The van der Waals surface area contributed by atoms with Crippen molar-refractivity contribution in [3.63, 3.8) is 0 Å². The molecule has 154 valence electrons. The summed E-state index contributed by atoms with van der Waals surface area (Å²) in [7, 11) is 0. The summed E-state index contributed by atoms with van der Waals surface area (Å²) in [5, 5.41) is 3.31. The molecule has 0 aliphatic rings. The van der Waals surface area contributed by atoms with Gasteiger partial charge in [0.05, 0.1) is 0 Å². The molecule has 2 rings (SSSR count). The quantitative estimate of drug-likeness (QED) is 0.654. The predicted octanol–water partition coefficient (Wildman–Crippen LogP) is 3.08. The fourth-order valence-corrected chi connectivity index (χ4v) is 2.75. The number of carbonyl (C=O) groups excluding carboxylic acids is 3. The van der Waals surface area contributed by atoms with E-state index in [1.54, 1.807) is 48.2 Å². The highest BCUT2D eigenvalue weighted by Crippen LogP contribution is 2.17. The number of ether oxygens (including phenoxy) is 1. The van der Waals surface area contributed by atoms with Crippen LogP contribution in [0.25, 0.3) is 0 Å². The second-order valence-corrected chi connectivity index (χ2v) is 6.81. The number of nitrogens with two attached hydrogens (primary N) is 1. The molecule has 0 fully saturated rings. The number of amides is 3. The van der Waals surface area contributed by atoms with Crippen molar-refractivity contribution in [2.45, 2.75) is 26.4 Å². The van der Waals surface area contributed by atoms with E-state index in [-0.39, 0.29) is 24.8 Å². The van der Waals surface area contributed by atoms with E-state index in [9.17, 15) is 14.4 Å². The lowest BCUT2D eigenvalue weighted by Crippen LogP contribution is -2.41. The van der Waals surface area contributed by atoms with Gasteiger partial charge in [0, 0.05) is 35.8 Å². The van der Waals surface area contributed by atoms with E-state index in [1.165, 1.54) is 12.1 Å². The Kier molecular flexibility index (Phi) is 8.03. The third kappa shape index (κ3) is 6.80. The molecule has 1 unspecified atom stereocenters. The highest BCUT2D eigenvalue weighted by atomic mass is 35.5. The fourth-order valence-electron chi connectivity index (χ4n) is 2.63. The first-order valence-electron chi connectivity index (χ1n) is 9.21. The van der Waals surface area contributed by atoms with Gasteiger partial charge in [-0.3, -0.25) is 14.4 Å². The van der Waals surface area contributed by atoms with Crippen LogP contribution in [0.1, 0.15) is 30.6 Å². The van der Waals surface area contributed by atoms with Crippen LogP contribution in [0.15, 0.2) is 48.5 Å². The second kappa shape index (κ2) is 10.5. The van der Waals surface area contributed by atoms with Crippen molar-refractivity contribution in [1.29, 1.82) is 0 Å². The van der Waals surface area contributed by atoms with E-state index in [2.05, 4.69) is 5.32 Å². The largest absolute Gasteiger partial charge is 0.481 e. The van der Waals surface area contributed by atoms with Crippen LogP contribution in [0.3, 0.4) is 0 Å². The lowest BCUT2D eigenvalue weighted by atomic mass is 10.2. The molecular weight excluding hydrogens is 394 g/mol. The Balaban J connectivity index is 1.86. The van der Waals surface area contributed by atoms with Crippen LogP contribution in [-0.4, -0.2) is 41.8 Å². The zero-order valence-electron chi connectivity index (χ0n) is 16.4. The van der Waals surface area contributed by atoms with Gasteiger partial charge in [0.25, 0.3) is 5.91 Å². The molecular formula is C21H24ClN3O4. The van der Waals surface area contributed by atoms with E-state index in [4.69, 9.17) is 22.1 Å². The van der Waals surface area contributed by atoms with Crippen LogP contribution in [0.5, 0.6) is 5.75 Å². The summed E-state index contributed by atoms with van der Waals surface area (Å²) in [6.07, 6.45) is -0.564. The van der Waals surface area contributed by atoms with Crippen LogP contribution in [0.2, 0.25) is 5.02 Å². The van der Waals surface area contributed by atoms with Crippen molar-refractivity contribution >= 4 is 35.0 Å². The molecule has 0 aromatic heterocycles. The zero-order valence-corrected chi connectivity index (χ0v) is 17.1. The summed E-state index contributed by atoms with van der Waals surface area (Å²) >= 11 is 5.84. The lowest BCUT2D eigenvalue weighted by Gasteiger charge is -2.24. The van der Waals surface area contributed by atoms with Gasteiger partial charge in [0.15, 0.2) is 6.10 Å². The molecule has 8 heteroatoms. The molecule has 29 heavy (non-hydrogen) atoms. The molecule has 0 radical (unpaired) electrons. The van der Waals surface area contributed by atoms with Gasteiger partial charge in [-0.25, -0.2) is 0 Å². The average molecular weight is 418 g/mol. The Bertz CT molecular complexity index is 853. The molecule has 0 saturated carbocycles. The molecule has 2 aromatic rings. The maximum absolute atomic E-state index is 12.6. The first kappa shape index (κ1) is 22.2. The number of hydrogen-bond donors (Lipinski definition) is 2. The molecule has 0 heterocycles. The van der Waals surface area contributed by atoms with Gasteiger partial charge in [0.1, 0.15) is 5.75 Å². The van der Waals surface area contributed by atoms with Gasteiger partial charge < -0.3 is 20.7 Å². The third-order valence-corrected chi connectivity index (χ3v) is 4.48. The lowest BCUT2D eigenvalue weighted by molar-refractivity contribution is -0.138. The van der Waals surface area contributed by atoms with Crippen molar-refractivity contribution in [2.75, 3.05) is 18.4 Å². The number of benzene rings is 2. The van der Waals surface area contributed by atoms with Gasteiger partial charge in [-0.2, -0.15) is 0 Å². The molecule has 3 amide bonds. The number of halogens is 1. The number of primary amides is 1. The third-order valence-electron chi connectivity index (χ3n) is 4.23. The molecule has 0 bridgehead atoms. The van der Waals surface area contributed by atoms with Crippen molar-refractivity contribution < 1.29 is 19.1 Å². The summed E-state index contributed by atoms with van der Waals surface area (Å²) < 4.78 is 5.66. The SMILES string of the molecule is CCN(CCC(=O)Nc1ccc(C(N)=O)cc1)C(=O)C(C)Oc1ccc(Cl)cc1. The Morgan fingerprint density at radius 2 is 1.72 bits per heavy atom. The number of hydrogen-bond acceptors (Lipinski definition) is 4. The van der Waals surface area contributed by atoms with Crippen molar-refractivity contribution in [3.8, 4) is 5.75 Å². The summed E-state index contributed by atoms with van der Waals surface area (Å²) in [6.45, 7) is 4.22. The molecule has 0 aliphatic carbocycles. The number of carbonyl (C=O) groups is 3. The van der Waals surface area contributed by atoms with E-state index < -0.39 is 12.0 Å². The van der Waals surface area contributed by atoms with E-state index in [0.717, 1.165) is 0 Å². The van der Waals surface area contributed by atoms with Crippen LogP contribution in [0.4, 0.5) is 5.69 Å². The minimum absolute atomic E-state index is 0.130. The van der Waals surface area contributed by atoms with Crippen molar-refractivity contribution in [3.05, 3.63) is 59.1 Å². The van der Waals surface area contributed by atoms with Gasteiger partial charge >= 0.3 is 0 Å². The summed E-state index contributed by atoms with van der Waals surface area (Å²) in [6, 6.07) is 13.0. The van der Waals surface area contributed by atoms with Crippen LogP contribution >= 0.6 is 11.6 Å². The van der Waals surface area contributed by atoms with Crippen LogP contribution in [-0.2, 0) is 9.59 Å². The Labute approximate surface area is 174 Å². The van der Waals surface area contributed by atoms with Crippen LogP contribution in [0, 0.1) is 0 Å². The number of likely N-dealkylation sites (N-methyl/N-ethyl adjacent to an activating group) is 1. The standard InChI is InChI=1S/C21H24ClN3O4/c1-3-25(21(28)14(2)29-18-10-6-16(22)7-11-18)13-12-19(26)24-17-8-4-15(5-9-17)20(23)27/h4-11,14H,3,12-13H2,1-2H3,(H2,23,27)(H,24,26). The van der Waals surface area contributed by atoms with E-state index in [0.29, 0.717) is 28.6 Å². The smallest absolute Gasteiger partial charge is 0.263 e. The fraction of sp³-hybridized carbons (Fsp3) is 0.286. The molecule has 0 spiro atoms. The molecule has 7 nitrogen and oxygen atoms in total. The Morgan fingerprint density at radius 1 is 1.10 bits per heavy atom. The maximum atomic E-state index is 12.6. The average Bonchev–Trinajstić information content (AvgIpc) is 2.70. The van der Waals surface area contributed by atoms with Crippen molar-refractivity contribution in [2.24, 2.45) is 5.73 Å². The maximum Gasteiger partial charge on any atom is 0.263 e. The van der Waals surface area contributed by atoms with E-state index >= 15 is 0 Å². The predicted molar refractivity (Wildman–Crippen MR) is 112 cm³/mol. The van der Waals surface area contributed by atoms with Crippen LogP contribution < -0.4 is 15.8 Å². The number of rotatable bonds is 9. The Hall–Kier alpha value is -3.06. The zero-order chi connectivity index (χ0) is 21.4. The first-order chi connectivity index (χ1) is 13.8. The number of nitrogens with zero attached hydrogens (tertiary/aromatic N) is 1. The summed E-state index contributed by atoms with van der Waals surface area (Å²) in [5.41, 5.74) is 6.10.